The average molecular weight is 583 g/mol. The molecule has 2 amide bonds. The van der Waals surface area contributed by atoms with E-state index < -0.39 is 11.8 Å². The third kappa shape index (κ3) is 7.80. The van der Waals surface area contributed by atoms with E-state index in [9.17, 15) is 14.4 Å². The Hall–Kier alpha value is -5.02. The van der Waals surface area contributed by atoms with Crippen LogP contribution in [0, 0.1) is 0 Å². The third-order valence-electron chi connectivity index (χ3n) is 6.12. The Morgan fingerprint density at radius 2 is 1.45 bits per heavy atom. The lowest BCUT2D eigenvalue weighted by molar-refractivity contribution is -0.113. The molecule has 0 saturated carbocycles. The molecule has 214 valence electrons. The molecule has 0 aromatic heterocycles. The van der Waals surface area contributed by atoms with E-state index in [2.05, 4.69) is 10.6 Å². The van der Waals surface area contributed by atoms with Crippen molar-refractivity contribution in [1.29, 1.82) is 0 Å². The quantitative estimate of drug-likeness (QED) is 0.118. The maximum absolute atomic E-state index is 13.5. The molecule has 0 fully saturated rings. The van der Waals surface area contributed by atoms with Crippen molar-refractivity contribution in [3.8, 4) is 17.2 Å². The monoisotopic (exact) mass is 582 g/mol. The lowest BCUT2D eigenvalue weighted by Crippen LogP contribution is -2.30. The van der Waals surface area contributed by atoms with E-state index in [1.54, 1.807) is 91.0 Å². The van der Waals surface area contributed by atoms with Gasteiger partial charge in [-0.25, -0.2) is 0 Å². The summed E-state index contributed by atoms with van der Waals surface area (Å²) in [6, 6.07) is 28.0. The molecule has 0 heterocycles. The summed E-state index contributed by atoms with van der Waals surface area (Å²) in [4.78, 5) is 40.0. The van der Waals surface area contributed by atoms with Crippen molar-refractivity contribution in [3.63, 3.8) is 0 Å². The van der Waals surface area contributed by atoms with Gasteiger partial charge in [0.15, 0.2) is 17.3 Å². The molecule has 8 nitrogen and oxygen atoms in total. The van der Waals surface area contributed by atoms with Gasteiger partial charge in [-0.2, -0.15) is 0 Å². The average Bonchev–Trinajstić information content (AvgIpc) is 3.03. The van der Waals surface area contributed by atoms with E-state index in [1.165, 1.54) is 33.1 Å². The van der Waals surface area contributed by atoms with Gasteiger partial charge in [-0.15, -0.1) is 11.8 Å². The molecular formula is C33H30N2O6S. The fourth-order valence-electron chi connectivity index (χ4n) is 4.02. The molecule has 0 aliphatic rings. The second-order valence-corrected chi connectivity index (χ2v) is 9.94. The molecule has 0 atom stereocenters. The number of hydrogen-bond acceptors (Lipinski definition) is 7. The molecule has 0 bridgehead atoms. The minimum absolute atomic E-state index is 0.0282. The largest absolute Gasteiger partial charge is 0.496 e. The number of carbonyl (C=O) groups excluding carboxylic acids is 3. The number of amides is 2. The van der Waals surface area contributed by atoms with Crippen molar-refractivity contribution in [3.05, 3.63) is 119 Å². The molecule has 4 aromatic rings. The number of ketones is 1. The fraction of sp³-hybridized carbons (Fsp3) is 0.121. The van der Waals surface area contributed by atoms with Crippen LogP contribution in [0.1, 0.15) is 26.3 Å². The summed E-state index contributed by atoms with van der Waals surface area (Å²) in [5, 5.41) is 5.58. The summed E-state index contributed by atoms with van der Waals surface area (Å²) in [6.45, 7) is 0. The van der Waals surface area contributed by atoms with Gasteiger partial charge in [-0.1, -0.05) is 42.5 Å². The Morgan fingerprint density at radius 3 is 2.19 bits per heavy atom. The topological polar surface area (TPSA) is 103 Å². The highest BCUT2D eigenvalue weighted by Crippen LogP contribution is 2.29. The first-order valence-electron chi connectivity index (χ1n) is 12.9. The number of carbonyl (C=O) groups is 3. The van der Waals surface area contributed by atoms with Crippen molar-refractivity contribution >= 4 is 41.1 Å². The number of benzene rings is 4. The molecular weight excluding hydrogens is 552 g/mol. The zero-order chi connectivity index (χ0) is 29.9. The summed E-state index contributed by atoms with van der Waals surface area (Å²) < 4.78 is 16.0. The SMILES string of the molecule is COc1ccc(/C=C(\NC(=O)c2ccccc2)C(=O)Nc2cccc(SCC(=O)c3ccccc3OC)c2)cc1OC. The standard InChI is InChI=1S/C33H30N2O6S/c1-39-29-15-8-7-14-26(29)28(36)21-42-25-13-9-12-24(20-25)34-33(38)27(35-32(37)23-10-5-4-6-11-23)18-22-16-17-30(40-2)31(19-22)41-3/h4-20H,21H2,1-3H3,(H,34,38)(H,35,37)/b27-18-. The highest BCUT2D eigenvalue weighted by molar-refractivity contribution is 8.00. The van der Waals surface area contributed by atoms with Gasteiger partial charge in [0.2, 0.25) is 0 Å². The van der Waals surface area contributed by atoms with Gasteiger partial charge in [0.05, 0.1) is 32.6 Å². The first-order chi connectivity index (χ1) is 20.4. The van der Waals surface area contributed by atoms with E-state index in [0.29, 0.717) is 39.6 Å². The summed E-state index contributed by atoms with van der Waals surface area (Å²) in [6.07, 6.45) is 1.56. The van der Waals surface area contributed by atoms with E-state index >= 15 is 0 Å². The summed E-state index contributed by atoms with van der Waals surface area (Å²) in [7, 11) is 4.58. The van der Waals surface area contributed by atoms with Crippen LogP contribution in [0.3, 0.4) is 0 Å². The molecule has 0 aliphatic heterocycles. The number of methoxy groups -OCH3 is 3. The number of anilines is 1. The van der Waals surface area contributed by atoms with Gasteiger partial charge in [0.25, 0.3) is 11.8 Å². The van der Waals surface area contributed by atoms with Crippen molar-refractivity contribution in [2.75, 3.05) is 32.4 Å². The van der Waals surface area contributed by atoms with Gasteiger partial charge in [-0.05, 0) is 66.2 Å². The van der Waals surface area contributed by atoms with Crippen LogP contribution in [0.4, 0.5) is 5.69 Å². The maximum Gasteiger partial charge on any atom is 0.272 e. The highest BCUT2D eigenvalue weighted by Gasteiger charge is 2.17. The molecule has 0 saturated heterocycles. The smallest absolute Gasteiger partial charge is 0.272 e. The summed E-state index contributed by atoms with van der Waals surface area (Å²) in [5.74, 6) is 0.694. The number of nitrogens with one attached hydrogen (secondary N) is 2. The first kappa shape index (κ1) is 30.0. The first-order valence-corrected chi connectivity index (χ1v) is 13.9. The molecule has 0 aliphatic carbocycles. The van der Waals surface area contributed by atoms with Gasteiger partial charge in [-0.3, -0.25) is 14.4 Å². The number of Topliss-reactive ketones (excluding diaryl/α,β-unsaturated/α-hetero) is 1. The predicted molar refractivity (Wildman–Crippen MR) is 165 cm³/mol. The van der Waals surface area contributed by atoms with Crippen LogP contribution in [0.5, 0.6) is 17.2 Å². The Balaban J connectivity index is 1.53. The maximum atomic E-state index is 13.5. The minimum atomic E-state index is -0.527. The third-order valence-corrected chi connectivity index (χ3v) is 7.11. The van der Waals surface area contributed by atoms with Crippen LogP contribution in [-0.4, -0.2) is 44.7 Å². The van der Waals surface area contributed by atoms with Gasteiger partial charge >= 0.3 is 0 Å². The molecule has 0 radical (unpaired) electrons. The van der Waals surface area contributed by atoms with Crippen molar-refractivity contribution in [2.24, 2.45) is 0 Å². The lowest BCUT2D eigenvalue weighted by Gasteiger charge is -2.13. The summed E-state index contributed by atoms with van der Waals surface area (Å²) >= 11 is 1.34. The Kier molecular flexibility index (Phi) is 10.4. The normalized spacial score (nSPS) is 10.9. The lowest BCUT2D eigenvalue weighted by atomic mass is 10.1. The molecule has 42 heavy (non-hydrogen) atoms. The fourth-order valence-corrected chi connectivity index (χ4v) is 4.85. The second-order valence-electron chi connectivity index (χ2n) is 8.89. The number of ether oxygens (including phenoxy) is 3. The van der Waals surface area contributed by atoms with E-state index in [0.717, 1.165) is 4.90 Å². The zero-order valence-electron chi connectivity index (χ0n) is 23.4. The van der Waals surface area contributed by atoms with Crippen molar-refractivity contribution in [2.45, 2.75) is 4.90 Å². The van der Waals surface area contributed by atoms with E-state index in [-0.39, 0.29) is 17.2 Å². The Morgan fingerprint density at radius 1 is 0.738 bits per heavy atom. The van der Waals surface area contributed by atoms with Crippen LogP contribution in [-0.2, 0) is 4.79 Å². The molecule has 0 unspecified atom stereocenters. The van der Waals surface area contributed by atoms with E-state index in [1.807, 2.05) is 12.1 Å². The molecule has 4 rings (SSSR count). The number of hydrogen-bond donors (Lipinski definition) is 2. The van der Waals surface area contributed by atoms with Crippen LogP contribution < -0.4 is 24.8 Å². The van der Waals surface area contributed by atoms with E-state index in [4.69, 9.17) is 14.2 Å². The Labute approximate surface area is 248 Å². The van der Waals surface area contributed by atoms with Crippen LogP contribution in [0.15, 0.2) is 108 Å². The predicted octanol–water partition coefficient (Wildman–Crippen LogP) is 6.10. The van der Waals surface area contributed by atoms with Crippen molar-refractivity contribution in [1.82, 2.24) is 5.32 Å². The number of thioether (sulfide) groups is 1. The van der Waals surface area contributed by atoms with Gasteiger partial charge in [0, 0.05) is 16.1 Å². The molecule has 2 N–H and O–H groups in total. The second kappa shape index (κ2) is 14.6. The van der Waals surface area contributed by atoms with Gasteiger partial charge < -0.3 is 24.8 Å². The highest BCUT2D eigenvalue weighted by atomic mass is 32.2. The zero-order valence-corrected chi connectivity index (χ0v) is 24.2. The van der Waals surface area contributed by atoms with Crippen LogP contribution in [0.25, 0.3) is 6.08 Å². The molecule has 4 aromatic carbocycles. The number of rotatable bonds is 12. The van der Waals surface area contributed by atoms with Gasteiger partial charge in [0.1, 0.15) is 11.4 Å². The number of para-hydroxylation sites is 1. The molecule has 9 heteroatoms. The van der Waals surface area contributed by atoms with Crippen LogP contribution in [0.2, 0.25) is 0 Å². The molecule has 0 spiro atoms. The Bertz CT molecular complexity index is 1600. The minimum Gasteiger partial charge on any atom is -0.496 e. The van der Waals surface area contributed by atoms with Crippen LogP contribution >= 0.6 is 11.8 Å². The van der Waals surface area contributed by atoms with Crippen molar-refractivity contribution < 1.29 is 28.6 Å². The summed E-state index contributed by atoms with van der Waals surface area (Å²) in [5.41, 5.74) is 2.06.